The highest BCUT2D eigenvalue weighted by atomic mass is 16.2. The van der Waals surface area contributed by atoms with Crippen molar-refractivity contribution in [2.75, 3.05) is 17.7 Å². The number of carbonyl (C=O) groups excluding carboxylic acids is 3. The maximum absolute atomic E-state index is 12.3. The van der Waals surface area contributed by atoms with Crippen molar-refractivity contribution in [1.82, 2.24) is 14.5 Å². The van der Waals surface area contributed by atoms with Gasteiger partial charge in [-0.1, -0.05) is 0 Å². The van der Waals surface area contributed by atoms with Gasteiger partial charge >= 0.3 is 0 Å². The summed E-state index contributed by atoms with van der Waals surface area (Å²) in [5, 5.41) is 7.73. The molecule has 0 unspecified atom stereocenters. The molecular formula is C14H17N5O3. The largest absolute Gasteiger partial charge is 0.354 e. The second-order valence-electron chi connectivity index (χ2n) is 4.75. The second kappa shape index (κ2) is 6.17. The van der Waals surface area contributed by atoms with Crippen LogP contribution < -0.4 is 16.0 Å². The van der Waals surface area contributed by atoms with Gasteiger partial charge in [0, 0.05) is 33.5 Å². The Morgan fingerprint density at radius 3 is 2.14 bits per heavy atom. The van der Waals surface area contributed by atoms with Crippen LogP contribution in [0.1, 0.15) is 21.0 Å². The van der Waals surface area contributed by atoms with Gasteiger partial charge in [-0.05, 0) is 12.1 Å². The van der Waals surface area contributed by atoms with E-state index in [-0.39, 0.29) is 11.8 Å². The van der Waals surface area contributed by atoms with Gasteiger partial charge < -0.3 is 25.1 Å². The minimum Gasteiger partial charge on any atom is -0.354 e. The van der Waals surface area contributed by atoms with Gasteiger partial charge in [0.05, 0.1) is 11.4 Å². The van der Waals surface area contributed by atoms with Crippen molar-refractivity contribution in [2.45, 2.75) is 0 Å². The Kier molecular flexibility index (Phi) is 4.31. The molecule has 0 saturated heterocycles. The van der Waals surface area contributed by atoms with Crippen LogP contribution in [0.25, 0.3) is 0 Å². The van der Waals surface area contributed by atoms with Crippen LogP contribution in [-0.4, -0.2) is 34.4 Å². The molecule has 3 amide bonds. The lowest BCUT2D eigenvalue weighted by Gasteiger charge is -2.03. The molecule has 0 fully saturated rings. The first kappa shape index (κ1) is 15.4. The quantitative estimate of drug-likeness (QED) is 0.703. The van der Waals surface area contributed by atoms with E-state index in [0.717, 1.165) is 0 Å². The smallest absolute Gasteiger partial charge is 0.272 e. The van der Waals surface area contributed by atoms with Crippen molar-refractivity contribution in [3.63, 3.8) is 0 Å². The Morgan fingerprint density at radius 1 is 1.00 bits per heavy atom. The van der Waals surface area contributed by atoms with Crippen LogP contribution in [0.15, 0.2) is 24.5 Å². The average molecular weight is 303 g/mol. The summed E-state index contributed by atoms with van der Waals surface area (Å²) in [7, 11) is 4.96. The average Bonchev–Trinajstić information content (AvgIpc) is 3.01. The van der Waals surface area contributed by atoms with E-state index in [1.165, 1.54) is 0 Å². The number of amides is 3. The normalized spacial score (nSPS) is 10.1. The molecule has 2 heterocycles. The molecule has 0 spiro atoms. The topological polar surface area (TPSA) is 97.2 Å². The number of anilines is 2. The van der Waals surface area contributed by atoms with E-state index in [4.69, 9.17) is 0 Å². The predicted octanol–water partition coefficient (Wildman–Crippen LogP) is 0.544. The number of hydrogen-bond donors (Lipinski definition) is 3. The predicted molar refractivity (Wildman–Crippen MR) is 81.9 cm³/mol. The van der Waals surface area contributed by atoms with Crippen LogP contribution in [0.2, 0.25) is 0 Å². The molecular weight excluding hydrogens is 286 g/mol. The first-order chi connectivity index (χ1) is 10.5. The number of carbonyl (C=O) groups is 3. The molecule has 116 valence electrons. The molecule has 0 saturated carbocycles. The standard InChI is InChI=1S/C14H17N5O3/c1-15-13(21)11-5-10(7-19(11)3)17-14(22)12-4-9(16-8-20)6-18(12)2/h4-8H,1-3H3,(H,15,21)(H,16,20)(H,17,22). The monoisotopic (exact) mass is 303 g/mol. The molecule has 0 aromatic carbocycles. The highest BCUT2D eigenvalue weighted by Gasteiger charge is 2.15. The Labute approximate surface area is 127 Å². The van der Waals surface area contributed by atoms with Crippen molar-refractivity contribution in [2.24, 2.45) is 14.1 Å². The summed E-state index contributed by atoms with van der Waals surface area (Å²) in [6.45, 7) is 0. The fourth-order valence-electron chi connectivity index (χ4n) is 2.12. The van der Waals surface area contributed by atoms with E-state index in [1.807, 2.05) is 0 Å². The molecule has 8 nitrogen and oxygen atoms in total. The van der Waals surface area contributed by atoms with Gasteiger partial charge in [0.15, 0.2) is 0 Å². The highest BCUT2D eigenvalue weighted by Crippen LogP contribution is 2.17. The zero-order chi connectivity index (χ0) is 16.3. The molecule has 2 aromatic heterocycles. The molecule has 2 rings (SSSR count). The fourth-order valence-corrected chi connectivity index (χ4v) is 2.12. The first-order valence-electron chi connectivity index (χ1n) is 6.52. The number of nitrogens with zero attached hydrogens (tertiary/aromatic N) is 2. The Bertz CT molecular complexity index is 729. The molecule has 0 aliphatic carbocycles. The van der Waals surface area contributed by atoms with E-state index in [1.54, 1.807) is 54.8 Å². The van der Waals surface area contributed by atoms with Gasteiger partial charge in [-0.2, -0.15) is 0 Å². The maximum atomic E-state index is 12.3. The summed E-state index contributed by atoms with van der Waals surface area (Å²) in [6.07, 6.45) is 3.82. The van der Waals surface area contributed by atoms with Crippen LogP contribution in [0.4, 0.5) is 11.4 Å². The van der Waals surface area contributed by atoms with Gasteiger partial charge in [-0.25, -0.2) is 0 Å². The number of rotatable bonds is 5. The number of aryl methyl sites for hydroxylation is 2. The third kappa shape index (κ3) is 3.00. The van der Waals surface area contributed by atoms with Gasteiger partial charge in [0.25, 0.3) is 11.8 Å². The van der Waals surface area contributed by atoms with Gasteiger partial charge in [0.2, 0.25) is 6.41 Å². The molecule has 0 aliphatic rings. The highest BCUT2D eigenvalue weighted by molar-refractivity contribution is 6.05. The van der Waals surface area contributed by atoms with Crippen molar-refractivity contribution >= 4 is 29.6 Å². The lowest BCUT2D eigenvalue weighted by molar-refractivity contribution is -0.105. The van der Waals surface area contributed by atoms with Crippen molar-refractivity contribution in [1.29, 1.82) is 0 Å². The van der Waals surface area contributed by atoms with Crippen molar-refractivity contribution < 1.29 is 14.4 Å². The van der Waals surface area contributed by atoms with Gasteiger partial charge in [0.1, 0.15) is 11.4 Å². The molecule has 8 heteroatoms. The van der Waals surface area contributed by atoms with E-state index in [9.17, 15) is 14.4 Å². The number of hydrogen-bond acceptors (Lipinski definition) is 3. The van der Waals surface area contributed by atoms with Gasteiger partial charge in [-0.3, -0.25) is 14.4 Å². The molecule has 0 atom stereocenters. The number of nitrogens with one attached hydrogen (secondary N) is 3. The Morgan fingerprint density at radius 2 is 1.55 bits per heavy atom. The van der Waals surface area contributed by atoms with E-state index in [0.29, 0.717) is 29.2 Å². The molecule has 0 aliphatic heterocycles. The summed E-state index contributed by atoms with van der Waals surface area (Å²) in [5.41, 5.74) is 1.86. The van der Waals surface area contributed by atoms with Crippen LogP contribution in [0.3, 0.4) is 0 Å². The first-order valence-corrected chi connectivity index (χ1v) is 6.52. The summed E-state index contributed by atoms with van der Waals surface area (Å²) in [6, 6.07) is 3.15. The van der Waals surface area contributed by atoms with Crippen molar-refractivity contribution in [3.05, 3.63) is 35.9 Å². The van der Waals surface area contributed by atoms with Crippen LogP contribution in [0, 0.1) is 0 Å². The zero-order valence-corrected chi connectivity index (χ0v) is 12.5. The second-order valence-corrected chi connectivity index (χ2v) is 4.75. The minimum absolute atomic E-state index is 0.237. The third-order valence-corrected chi connectivity index (χ3v) is 3.19. The van der Waals surface area contributed by atoms with Gasteiger partial charge in [-0.15, -0.1) is 0 Å². The maximum Gasteiger partial charge on any atom is 0.272 e. The minimum atomic E-state index is -0.337. The Balaban J connectivity index is 2.18. The summed E-state index contributed by atoms with van der Waals surface area (Å²) < 4.78 is 3.22. The summed E-state index contributed by atoms with van der Waals surface area (Å²) >= 11 is 0. The Hall–Kier alpha value is -3.03. The third-order valence-electron chi connectivity index (χ3n) is 3.19. The van der Waals surface area contributed by atoms with E-state index in [2.05, 4.69) is 16.0 Å². The van der Waals surface area contributed by atoms with Crippen LogP contribution in [-0.2, 0) is 18.9 Å². The van der Waals surface area contributed by atoms with Crippen molar-refractivity contribution in [3.8, 4) is 0 Å². The fraction of sp³-hybridized carbons (Fsp3) is 0.214. The zero-order valence-electron chi connectivity index (χ0n) is 12.5. The molecule has 2 aromatic rings. The lowest BCUT2D eigenvalue weighted by Crippen LogP contribution is -2.20. The van der Waals surface area contributed by atoms with Crippen LogP contribution in [0.5, 0.6) is 0 Å². The molecule has 0 bridgehead atoms. The summed E-state index contributed by atoms with van der Waals surface area (Å²) in [5.74, 6) is -0.574. The SMILES string of the molecule is CNC(=O)c1cc(NC(=O)c2cc(NC=O)cn2C)cn1C. The molecule has 0 radical (unpaired) electrons. The summed E-state index contributed by atoms with van der Waals surface area (Å²) in [4.78, 5) is 34.3. The molecule has 22 heavy (non-hydrogen) atoms. The number of aromatic nitrogens is 2. The van der Waals surface area contributed by atoms with E-state index >= 15 is 0 Å². The van der Waals surface area contributed by atoms with Crippen LogP contribution >= 0.6 is 0 Å². The van der Waals surface area contributed by atoms with E-state index < -0.39 is 0 Å². The lowest BCUT2D eigenvalue weighted by atomic mass is 10.3. The molecule has 3 N–H and O–H groups in total.